The average Bonchev–Trinajstić information content (AvgIpc) is 2.60. The fourth-order valence-corrected chi connectivity index (χ4v) is 3.32. The first kappa shape index (κ1) is 22.3. The second-order valence-electron chi connectivity index (χ2n) is 5.73. The SMILES string of the molecule is Cc1ccc(N=Nc2c([O-])c(C(=O)O)cc3ccccc23)cc1S(=O)(=O)[O-].[Ca+2]. The van der Waals surface area contributed by atoms with Gasteiger partial charge in [0, 0.05) is 5.39 Å². The van der Waals surface area contributed by atoms with Crippen molar-refractivity contribution in [3.8, 4) is 5.75 Å². The van der Waals surface area contributed by atoms with Gasteiger partial charge >= 0.3 is 43.7 Å². The molecule has 3 aromatic rings. The number of hydrogen-bond acceptors (Lipinski definition) is 7. The van der Waals surface area contributed by atoms with Crippen molar-refractivity contribution in [2.75, 3.05) is 0 Å². The normalized spacial score (nSPS) is 11.5. The van der Waals surface area contributed by atoms with Crippen LogP contribution in [0.1, 0.15) is 15.9 Å². The van der Waals surface area contributed by atoms with Crippen molar-refractivity contribution in [2.24, 2.45) is 10.2 Å². The average molecular weight is 424 g/mol. The van der Waals surface area contributed by atoms with E-state index < -0.39 is 32.3 Å². The number of nitrogens with zero attached hydrogens (tertiary/aromatic N) is 2. The Hall–Kier alpha value is -2.04. The van der Waals surface area contributed by atoms with Crippen LogP contribution in [0.2, 0.25) is 0 Å². The van der Waals surface area contributed by atoms with E-state index in [0.717, 1.165) is 6.07 Å². The van der Waals surface area contributed by atoms with Gasteiger partial charge in [-0.1, -0.05) is 36.1 Å². The Balaban J connectivity index is 0.00000280. The van der Waals surface area contributed by atoms with E-state index in [1.165, 1.54) is 25.1 Å². The van der Waals surface area contributed by atoms with Crippen molar-refractivity contribution in [1.82, 2.24) is 0 Å². The topological polar surface area (TPSA) is 142 Å². The van der Waals surface area contributed by atoms with Crippen LogP contribution in [0.25, 0.3) is 10.8 Å². The van der Waals surface area contributed by atoms with Gasteiger partial charge in [-0.3, -0.25) is 0 Å². The molecule has 0 aliphatic heterocycles. The van der Waals surface area contributed by atoms with E-state index in [-0.39, 0.29) is 54.7 Å². The molecule has 0 heterocycles. The van der Waals surface area contributed by atoms with Crippen LogP contribution >= 0.6 is 0 Å². The Labute approximate surface area is 190 Å². The molecule has 0 unspecified atom stereocenters. The maximum absolute atomic E-state index is 12.4. The van der Waals surface area contributed by atoms with Gasteiger partial charge in [-0.15, -0.1) is 0 Å². The fraction of sp³-hybridized carbons (Fsp3) is 0.0556. The first-order valence-corrected chi connectivity index (χ1v) is 9.03. The minimum Gasteiger partial charge on any atom is -0.870 e. The molecule has 0 amide bonds. The summed E-state index contributed by atoms with van der Waals surface area (Å²) in [5, 5.41) is 30.2. The van der Waals surface area contributed by atoms with E-state index in [0.29, 0.717) is 10.8 Å². The van der Waals surface area contributed by atoms with Gasteiger partial charge in [0.1, 0.15) is 10.1 Å². The summed E-state index contributed by atoms with van der Waals surface area (Å²) in [6.07, 6.45) is 0. The van der Waals surface area contributed by atoms with Crippen molar-refractivity contribution >= 4 is 76.0 Å². The van der Waals surface area contributed by atoms with Crippen molar-refractivity contribution in [1.29, 1.82) is 0 Å². The van der Waals surface area contributed by atoms with Gasteiger partial charge in [-0.05, 0) is 36.1 Å². The maximum atomic E-state index is 12.4. The van der Waals surface area contributed by atoms with E-state index in [1.807, 2.05) is 0 Å². The third kappa shape index (κ3) is 4.50. The van der Waals surface area contributed by atoms with E-state index >= 15 is 0 Å². The summed E-state index contributed by atoms with van der Waals surface area (Å²) in [5.41, 5.74) is -0.335. The third-order valence-corrected chi connectivity index (χ3v) is 4.89. The number of carboxylic acid groups (broad SMARTS) is 1. The van der Waals surface area contributed by atoms with Crippen LogP contribution in [0.5, 0.6) is 5.75 Å². The van der Waals surface area contributed by atoms with Gasteiger partial charge < -0.3 is 14.8 Å². The summed E-state index contributed by atoms with van der Waals surface area (Å²) < 4.78 is 33.9. The number of aromatic carboxylic acids is 1. The van der Waals surface area contributed by atoms with Crippen LogP contribution < -0.4 is 5.11 Å². The van der Waals surface area contributed by atoms with E-state index in [1.54, 1.807) is 24.3 Å². The standard InChI is InChI=1S/C18H14N2O6S.Ca/c1-10-6-7-12(9-15(10)27(24,25)26)19-20-16-13-5-3-2-4-11(13)8-14(17(16)21)18(22)23;/h2-9,21H,1H3,(H,22,23)(H,24,25,26);/q;+2/p-2. The number of aryl methyl sites for hydroxylation is 1. The predicted octanol–water partition coefficient (Wildman–Crippen LogP) is 2.86. The van der Waals surface area contributed by atoms with Gasteiger partial charge in [0.25, 0.3) is 0 Å². The maximum Gasteiger partial charge on any atom is 2.00 e. The van der Waals surface area contributed by atoms with Crippen LogP contribution in [0.15, 0.2) is 63.7 Å². The van der Waals surface area contributed by atoms with Gasteiger partial charge in [0.2, 0.25) is 0 Å². The summed E-state index contributed by atoms with van der Waals surface area (Å²) in [5.74, 6) is -2.20. The summed E-state index contributed by atoms with van der Waals surface area (Å²) in [4.78, 5) is 10.9. The molecule has 1 N–H and O–H groups in total. The van der Waals surface area contributed by atoms with E-state index in [2.05, 4.69) is 10.2 Å². The summed E-state index contributed by atoms with van der Waals surface area (Å²) in [6.45, 7) is 1.46. The zero-order valence-corrected chi connectivity index (χ0v) is 17.6. The number of fused-ring (bicyclic) bond motifs is 1. The Morgan fingerprint density at radius 3 is 2.39 bits per heavy atom. The predicted molar refractivity (Wildman–Crippen MR) is 99.4 cm³/mol. The van der Waals surface area contributed by atoms with Crippen LogP contribution in [0.3, 0.4) is 0 Å². The van der Waals surface area contributed by atoms with Gasteiger partial charge in [-0.25, -0.2) is 13.2 Å². The molecule has 3 aromatic carbocycles. The molecule has 0 saturated carbocycles. The first-order chi connectivity index (χ1) is 12.7. The molecule has 138 valence electrons. The van der Waals surface area contributed by atoms with Gasteiger partial charge in [0.05, 0.1) is 21.8 Å². The Morgan fingerprint density at radius 1 is 1.07 bits per heavy atom. The zero-order valence-electron chi connectivity index (χ0n) is 14.6. The first-order valence-electron chi connectivity index (χ1n) is 7.63. The van der Waals surface area contributed by atoms with Crippen LogP contribution in [-0.4, -0.2) is 61.8 Å². The van der Waals surface area contributed by atoms with E-state index in [4.69, 9.17) is 0 Å². The second kappa shape index (κ2) is 8.54. The molecule has 0 aliphatic carbocycles. The summed E-state index contributed by atoms with van der Waals surface area (Å²) >= 11 is 0. The quantitative estimate of drug-likeness (QED) is 0.388. The van der Waals surface area contributed by atoms with Crippen LogP contribution in [0.4, 0.5) is 11.4 Å². The molecular formula is C18H12CaN2O6S. The molecular weight excluding hydrogens is 412 g/mol. The minimum absolute atomic E-state index is 0. The van der Waals surface area contributed by atoms with Crippen molar-refractivity contribution in [3.05, 3.63) is 59.7 Å². The molecule has 0 aliphatic rings. The molecule has 0 radical (unpaired) electrons. The van der Waals surface area contributed by atoms with Crippen molar-refractivity contribution < 1.29 is 28.0 Å². The second-order valence-corrected chi connectivity index (χ2v) is 7.08. The molecule has 8 nitrogen and oxygen atoms in total. The van der Waals surface area contributed by atoms with Gasteiger partial charge in [0.15, 0.2) is 0 Å². The van der Waals surface area contributed by atoms with Crippen LogP contribution in [0, 0.1) is 6.92 Å². The van der Waals surface area contributed by atoms with Crippen molar-refractivity contribution in [3.63, 3.8) is 0 Å². The molecule has 0 bridgehead atoms. The fourth-order valence-electron chi connectivity index (χ4n) is 2.60. The van der Waals surface area contributed by atoms with Crippen molar-refractivity contribution in [2.45, 2.75) is 11.8 Å². The Kier molecular flexibility index (Phi) is 6.79. The number of azo groups is 1. The molecule has 0 aromatic heterocycles. The summed E-state index contributed by atoms with van der Waals surface area (Å²) in [6, 6.07) is 11.7. The molecule has 3 rings (SSSR count). The molecule has 0 atom stereocenters. The molecule has 0 saturated heterocycles. The Bertz CT molecular complexity index is 1210. The number of benzene rings is 3. The van der Waals surface area contributed by atoms with Crippen LogP contribution in [-0.2, 0) is 10.1 Å². The number of carboxylic acids is 1. The zero-order chi connectivity index (χ0) is 19.8. The minimum atomic E-state index is -4.69. The summed E-state index contributed by atoms with van der Waals surface area (Å²) in [7, 11) is -4.69. The largest absolute Gasteiger partial charge is 2.00 e. The Morgan fingerprint density at radius 2 is 1.75 bits per heavy atom. The monoisotopic (exact) mass is 424 g/mol. The molecule has 0 fully saturated rings. The number of rotatable bonds is 4. The van der Waals surface area contributed by atoms with E-state index in [9.17, 15) is 28.0 Å². The number of carbonyl (C=O) groups is 1. The molecule has 10 heteroatoms. The smallest absolute Gasteiger partial charge is 0.870 e. The third-order valence-electron chi connectivity index (χ3n) is 3.91. The molecule has 0 spiro atoms. The molecule has 28 heavy (non-hydrogen) atoms. The number of hydrogen-bond donors (Lipinski definition) is 1. The van der Waals surface area contributed by atoms with Gasteiger partial charge in [-0.2, -0.15) is 10.2 Å².